The highest BCUT2D eigenvalue weighted by atomic mass is 79.9. The molecule has 1 saturated heterocycles. The van der Waals surface area contributed by atoms with Crippen LogP contribution in [0.1, 0.15) is 46.0 Å². The summed E-state index contributed by atoms with van der Waals surface area (Å²) < 4.78 is 0. The summed E-state index contributed by atoms with van der Waals surface area (Å²) in [5.74, 6) is 0.437. The van der Waals surface area contributed by atoms with Gasteiger partial charge in [-0.15, -0.1) is 0 Å². The summed E-state index contributed by atoms with van der Waals surface area (Å²) in [7, 11) is 0. The Labute approximate surface area is 124 Å². The van der Waals surface area contributed by atoms with Gasteiger partial charge in [-0.2, -0.15) is 0 Å². The Morgan fingerprint density at radius 2 is 1.89 bits per heavy atom. The minimum atomic E-state index is 0.0652. The first-order valence-corrected chi connectivity index (χ1v) is 8.31. The van der Waals surface area contributed by atoms with Crippen molar-refractivity contribution in [1.82, 2.24) is 10.2 Å². The number of alkyl halides is 1. The number of nitrogens with one attached hydrogen (secondary N) is 1. The van der Waals surface area contributed by atoms with Crippen molar-refractivity contribution in [3.05, 3.63) is 0 Å². The lowest BCUT2D eigenvalue weighted by molar-refractivity contribution is -0.135. The fourth-order valence-electron chi connectivity index (χ4n) is 2.29. The SMILES string of the molecule is CC(C)C(=O)N1CCC(NC(=O)CCCCBr)CC1. The number of carbonyl (C=O) groups excluding carboxylic acids is 2. The van der Waals surface area contributed by atoms with Crippen molar-refractivity contribution in [2.45, 2.75) is 52.0 Å². The van der Waals surface area contributed by atoms with Crippen LogP contribution in [0.15, 0.2) is 0 Å². The molecule has 1 rings (SSSR count). The topological polar surface area (TPSA) is 49.4 Å². The van der Waals surface area contributed by atoms with Gasteiger partial charge in [0.25, 0.3) is 0 Å². The maximum atomic E-state index is 11.8. The zero-order chi connectivity index (χ0) is 14.3. The van der Waals surface area contributed by atoms with E-state index >= 15 is 0 Å². The normalized spacial score (nSPS) is 16.7. The van der Waals surface area contributed by atoms with Crippen LogP contribution in [0.4, 0.5) is 0 Å². The van der Waals surface area contributed by atoms with E-state index in [2.05, 4.69) is 21.2 Å². The number of nitrogens with zero attached hydrogens (tertiary/aromatic N) is 1. The summed E-state index contributed by atoms with van der Waals surface area (Å²) in [5.41, 5.74) is 0. The molecule has 1 aliphatic rings. The molecule has 5 heteroatoms. The molecular weight excluding hydrogens is 308 g/mol. The van der Waals surface area contributed by atoms with Crippen LogP contribution in [0.5, 0.6) is 0 Å². The van der Waals surface area contributed by atoms with Crippen LogP contribution in [0, 0.1) is 5.92 Å². The van der Waals surface area contributed by atoms with Gasteiger partial charge in [-0.1, -0.05) is 29.8 Å². The second-order valence-corrected chi connectivity index (χ2v) is 6.26. The minimum Gasteiger partial charge on any atom is -0.353 e. The van der Waals surface area contributed by atoms with Crippen LogP contribution in [0.2, 0.25) is 0 Å². The van der Waals surface area contributed by atoms with E-state index in [1.807, 2.05) is 18.7 Å². The second kappa shape index (κ2) is 8.56. The summed E-state index contributed by atoms with van der Waals surface area (Å²) in [5, 5.41) is 4.03. The Kier molecular flexibility index (Phi) is 7.42. The highest BCUT2D eigenvalue weighted by Gasteiger charge is 2.24. The van der Waals surface area contributed by atoms with E-state index in [0.29, 0.717) is 6.42 Å². The average Bonchev–Trinajstić information content (AvgIpc) is 2.39. The molecule has 19 heavy (non-hydrogen) atoms. The molecule has 1 heterocycles. The highest BCUT2D eigenvalue weighted by Crippen LogP contribution is 2.13. The molecule has 0 aromatic carbocycles. The number of amides is 2. The average molecular weight is 333 g/mol. The smallest absolute Gasteiger partial charge is 0.225 e. The van der Waals surface area contributed by atoms with Crippen molar-refractivity contribution >= 4 is 27.7 Å². The van der Waals surface area contributed by atoms with E-state index in [9.17, 15) is 9.59 Å². The van der Waals surface area contributed by atoms with Gasteiger partial charge in [-0.3, -0.25) is 9.59 Å². The molecule has 0 aromatic heterocycles. The van der Waals surface area contributed by atoms with Crippen molar-refractivity contribution in [3.63, 3.8) is 0 Å². The molecule has 0 spiro atoms. The lowest BCUT2D eigenvalue weighted by Crippen LogP contribution is -2.47. The molecule has 0 unspecified atom stereocenters. The molecule has 1 N–H and O–H groups in total. The third-order valence-corrected chi connectivity index (χ3v) is 4.01. The number of rotatable bonds is 6. The van der Waals surface area contributed by atoms with Crippen LogP contribution in [-0.2, 0) is 9.59 Å². The summed E-state index contributed by atoms with van der Waals surface area (Å²) >= 11 is 3.36. The van der Waals surface area contributed by atoms with Crippen LogP contribution in [-0.4, -0.2) is 41.2 Å². The van der Waals surface area contributed by atoms with Gasteiger partial charge in [0.05, 0.1) is 0 Å². The quantitative estimate of drug-likeness (QED) is 0.599. The van der Waals surface area contributed by atoms with E-state index < -0.39 is 0 Å². The van der Waals surface area contributed by atoms with Crippen molar-refractivity contribution in [1.29, 1.82) is 0 Å². The highest BCUT2D eigenvalue weighted by molar-refractivity contribution is 9.09. The van der Waals surface area contributed by atoms with Crippen LogP contribution in [0.25, 0.3) is 0 Å². The number of hydrogen-bond donors (Lipinski definition) is 1. The van der Waals surface area contributed by atoms with E-state index in [4.69, 9.17) is 0 Å². The summed E-state index contributed by atoms with van der Waals surface area (Å²) in [6.45, 7) is 5.40. The molecular formula is C14H25BrN2O2. The molecule has 0 aromatic rings. The maximum Gasteiger partial charge on any atom is 0.225 e. The third-order valence-electron chi connectivity index (χ3n) is 3.45. The predicted octanol–water partition coefficient (Wildman–Crippen LogP) is 2.31. The van der Waals surface area contributed by atoms with Crippen molar-refractivity contribution in [3.8, 4) is 0 Å². The lowest BCUT2D eigenvalue weighted by atomic mass is 10.0. The van der Waals surface area contributed by atoms with Crippen molar-refractivity contribution in [2.24, 2.45) is 5.92 Å². The molecule has 0 radical (unpaired) electrons. The summed E-state index contributed by atoms with van der Waals surface area (Å²) in [6, 6.07) is 0.243. The van der Waals surface area contributed by atoms with Gasteiger partial charge < -0.3 is 10.2 Å². The molecule has 0 bridgehead atoms. The van der Waals surface area contributed by atoms with Gasteiger partial charge in [0.15, 0.2) is 0 Å². The second-order valence-electron chi connectivity index (χ2n) is 5.47. The van der Waals surface area contributed by atoms with Crippen LogP contribution < -0.4 is 5.32 Å². The third kappa shape index (κ3) is 5.93. The van der Waals surface area contributed by atoms with E-state index in [1.54, 1.807) is 0 Å². The molecule has 0 saturated carbocycles. The van der Waals surface area contributed by atoms with Gasteiger partial charge in [0, 0.05) is 36.8 Å². The van der Waals surface area contributed by atoms with Crippen LogP contribution >= 0.6 is 15.9 Å². The fourth-order valence-corrected chi connectivity index (χ4v) is 2.69. The minimum absolute atomic E-state index is 0.0652. The first kappa shape index (κ1) is 16.5. The lowest BCUT2D eigenvalue weighted by Gasteiger charge is -2.33. The summed E-state index contributed by atoms with van der Waals surface area (Å²) in [6.07, 6.45) is 4.33. The predicted molar refractivity (Wildman–Crippen MR) is 80.2 cm³/mol. The molecule has 110 valence electrons. The Bertz CT molecular complexity index is 300. The molecule has 2 amide bonds. The van der Waals surface area contributed by atoms with Crippen molar-refractivity contribution < 1.29 is 9.59 Å². The first-order valence-electron chi connectivity index (χ1n) is 7.18. The first-order chi connectivity index (χ1) is 9.04. The van der Waals surface area contributed by atoms with E-state index in [1.165, 1.54) is 0 Å². The molecule has 0 atom stereocenters. The molecule has 1 fully saturated rings. The summed E-state index contributed by atoms with van der Waals surface area (Å²) in [4.78, 5) is 25.5. The zero-order valence-electron chi connectivity index (χ0n) is 12.0. The largest absolute Gasteiger partial charge is 0.353 e. The Morgan fingerprint density at radius 1 is 1.26 bits per heavy atom. The maximum absolute atomic E-state index is 11.8. The molecule has 4 nitrogen and oxygen atoms in total. The van der Waals surface area contributed by atoms with Crippen molar-refractivity contribution in [2.75, 3.05) is 18.4 Å². The number of unbranched alkanes of at least 4 members (excludes halogenated alkanes) is 1. The zero-order valence-corrected chi connectivity index (χ0v) is 13.5. The van der Waals surface area contributed by atoms with Gasteiger partial charge in [-0.25, -0.2) is 0 Å². The van der Waals surface area contributed by atoms with E-state index in [-0.39, 0.29) is 23.8 Å². The monoisotopic (exact) mass is 332 g/mol. The Morgan fingerprint density at radius 3 is 2.42 bits per heavy atom. The molecule has 1 aliphatic heterocycles. The Balaban J connectivity index is 2.23. The standard InChI is InChI=1S/C14H25BrN2O2/c1-11(2)14(19)17-9-6-12(7-10-17)16-13(18)5-3-4-8-15/h11-12H,3-10H2,1-2H3,(H,16,18). The number of piperidine rings is 1. The van der Waals surface area contributed by atoms with Gasteiger partial charge in [0.1, 0.15) is 0 Å². The molecule has 0 aliphatic carbocycles. The van der Waals surface area contributed by atoms with Crippen LogP contribution in [0.3, 0.4) is 0 Å². The Hall–Kier alpha value is -0.580. The van der Waals surface area contributed by atoms with Gasteiger partial charge in [-0.05, 0) is 25.7 Å². The van der Waals surface area contributed by atoms with Gasteiger partial charge >= 0.3 is 0 Å². The number of hydrogen-bond acceptors (Lipinski definition) is 2. The number of likely N-dealkylation sites (tertiary alicyclic amines) is 1. The van der Waals surface area contributed by atoms with E-state index in [0.717, 1.165) is 44.1 Å². The number of halogens is 1. The van der Waals surface area contributed by atoms with Gasteiger partial charge in [0.2, 0.25) is 11.8 Å². The number of carbonyl (C=O) groups is 2. The fraction of sp³-hybridized carbons (Fsp3) is 0.857.